The summed E-state index contributed by atoms with van der Waals surface area (Å²) in [5.41, 5.74) is 0.518. The zero-order valence-corrected chi connectivity index (χ0v) is 12.5. The van der Waals surface area contributed by atoms with Gasteiger partial charge in [-0.25, -0.2) is 21.9 Å². The third kappa shape index (κ3) is 6.46. The molecule has 1 heterocycles. The summed E-state index contributed by atoms with van der Waals surface area (Å²) in [7, 11) is -3.76. The predicted octanol–water partition coefficient (Wildman–Crippen LogP) is 0.469. The Hall–Kier alpha value is -1.10. The van der Waals surface area contributed by atoms with Crippen molar-refractivity contribution in [1.29, 1.82) is 0 Å². The molecule has 0 fully saturated rings. The highest BCUT2D eigenvalue weighted by Gasteiger charge is 2.20. The second-order valence-corrected chi connectivity index (χ2v) is 5.97. The summed E-state index contributed by atoms with van der Waals surface area (Å²) in [6.45, 7) is 2.22. The van der Waals surface area contributed by atoms with Crippen molar-refractivity contribution in [1.82, 2.24) is 20.2 Å². The Morgan fingerprint density at radius 2 is 2.19 bits per heavy atom. The van der Waals surface area contributed by atoms with Gasteiger partial charge in [0.05, 0.1) is 12.8 Å². The van der Waals surface area contributed by atoms with Crippen LogP contribution in [0.5, 0.6) is 0 Å². The zero-order chi connectivity index (χ0) is 15.7. The van der Waals surface area contributed by atoms with Gasteiger partial charge in [-0.05, 0) is 13.0 Å². The second-order valence-electron chi connectivity index (χ2n) is 4.26. The molecule has 1 aromatic heterocycles. The monoisotopic (exact) mass is 326 g/mol. The van der Waals surface area contributed by atoms with Gasteiger partial charge >= 0.3 is 0 Å². The quantitative estimate of drug-likeness (QED) is 0.514. The Labute approximate surface area is 122 Å². The highest BCUT2D eigenvalue weighted by molar-refractivity contribution is 7.89. The van der Waals surface area contributed by atoms with Gasteiger partial charge in [-0.1, -0.05) is 6.92 Å². The summed E-state index contributed by atoms with van der Waals surface area (Å²) in [6.07, 6.45) is -0.199. The fraction of sp³-hybridized carbons (Fsp3) is 0.727. The van der Waals surface area contributed by atoms with Crippen LogP contribution in [0.25, 0.3) is 0 Å². The Morgan fingerprint density at radius 1 is 1.43 bits per heavy atom. The molecule has 0 bridgehead atoms. The number of halogens is 2. The minimum Gasteiger partial charge on any atom is -0.374 e. The molecule has 0 aliphatic rings. The summed E-state index contributed by atoms with van der Waals surface area (Å²) in [5.74, 6) is 0. The van der Waals surface area contributed by atoms with Crippen molar-refractivity contribution in [3.8, 4) is 0 Å². The van der Waals surface area contributed by atoms with E-state index in [-0.39, 0.29) is 18.2 Å². The first-order valence-corrected chi connectivity index (χ1v) is 8.04. The summed E-state index contributed by atoms with van der Waals surface area (Å²) < 4.78 is 54.6. The first kappa shape index (κ1) is 18.0. The molecule has 21 heavy (non-hydrogen) atoms. The molecule has 0 aromatic carbocycles. The normalized spacial score (nSPS) is 12.2. The standard InChI is InChI=1S/C11H20F2N4O3S/c1-2-3-14-6-9-7-15-17-11(9)21(18,19)16-4-5-20-8-10(12)13/h7,10,14,16H,2-6,8H2,1H3,(H,15,17). The molecular weight excluding hydrogens is 306 g/mol. The third-order valence-electron chi connectivity index (χ3n) is 2.47. The van der Waals surface area contributed by atoms with Crippen LogP contribution in [-0.4, -0.2) is 51.3 Å². The van der Waals surface area contributed by atoms with Crippen LogP contribution in [0.1, 0.15) is 18.9 Å². The fourth-order valence-corrected chi connectivity index (χ4v) is 2.69. The summed E-state index contributed by atoms with van der Waals surface area (Å²) in [4.78, 5) is 0. The lowest BCUT2D eigenvalue weighted by Gasteiger charge is -2.08. The summed E-state index contributed by atoms with van der Waals surface area (Å²) in [6, 6.07) is 0. The first-order valence-electron chi connectivity index (χ1n) is 6.56. The van der Waals surface area contributed by atoms with E-state index in [0.717, 1.165) is 13.0 Å². The minimum absolute atomic E-state index is 0.0278. The highest BCUT2D eigenvalue weighted by atomic mass is 32.2. The van der Waals surface area contributed by atoms with E-state index in [1.54, 1.807) is 0 Å². The molecule has 0 aliphatic heterocycles. The molecule has 0 amide bonds. The van der Waals surface area contributed by atoms with E-state index in [1.165, 1.54) is 6.20 Å². The number of aromatic nitrogens is 2. The molecule has 7 nitrogen and oxygen atoms in total. The Kier molecular flexibility index (Phi) is 7.72. The van der Waals surface area contributed by atoms with Crippen LogP contribution in [0.3, 0.4) is 0 Å². The summed E-state index contributed by atoms with van der Waals surface area (Å²) in [5, 5.41) is 9.20. The predicted molar refractivity (Wildman–Crippen MR) is 72.6 cm³/mol. The zero-order valence-electron chi connectivity index (χ0n) is 11.7. The largest absolute Gasteiger partial charge is 0.374 e. The van der Waals surface area contributed by atoms with Gasteiger partial charge in [-0.2, -0.15) is 5.10 Å². The molecule has 3 N–H and O–H groups in total. The van der Waals surface area contributed by atoms with E-state index in [4.69, 9.17) is 0 Å². The van der Waals surface area contributed by atoms with E-state index in [0.29, 0.717) is 12.1 Å². The molecule has 0 radical (unpaired) electrons. The maximum absolute atomic E-state index is 12.0. The molecule has 0 unspecified atom stereocenters. The van der Waals surface area contributed by atoms with E-state index in [2.05, 4.69) is 25.0 Å². The van der Waals surface area contributed by atoms with Crippen LogP contribution < -0.4 is 10.0 Å². The van der Waals surface area contributed by atoms with E-state index in [9.17, 15) is 17.2 Å². The molecule has 0 saturated heterocycles. The van der Waals surface area contributed by atoms with Crippen molar-refractivity contribution in [2.45, 2.75) is 31.3 Å². The molecule has 122 valence electrons. The van der Waals surface area contributed by atoms with Crippen molar-refractivity contribution in [2.24, 2.45) is 0 Å². The molecular formula is C11H20F2N4O3S. The molecule has 10 heteroatoms. The number of sulfonamides is 1. The highest BCUT2D eigenvalue weighted by Crippen LogP contribution is 2.11. The minimum atomic E-state index is -3.76. The number of hydrogen-bond acceptors (Lipinski definition) is 5. The lowest BCUT2D eigenvalue weighted by Crippen LogP contribution is -2.29. The molecule has 0 aliphatic carbocycles. The van der Waals surface area contributed by atoms with Gasteiger partial charge in [0.2, 0.25) is 0 Å². The van der Waals surface area contributed by atoms with Crippen molar-refractivity contribution >= 4 is 10.0 Å². The van der Waals surface area contributed by atoms with E-state index >= 15 is 0 Å². The SMILES string of the molecule is CCCNCc1cn[nH]c1S(=O)(=O)NCCOCC(F)F. The molecule has 0 saturated carbocycles. The van der Waals surface area contributed by atoms with Crippen LogP contribution in [0.15, 0.2) is 11.2 Å². The fourth-order valence-electron chi connectivity index (χ4n) is 1.55. The van der Waals surface area contributed by atoms with Gasteiger partial charge in [0.1, 0.15) is 6.61 Å². The maximum atomic E-state index is 12.0. The average Bonchev–Trinajstić information content (AvgIpc) is 2.87. The van der Waals surface area contributed by atoms with Crippen molar-refractivity contribution in [3.05, 3.63) is 11.8 Å². The van der Waals surface area contributed by atoms with E-state index in [1.807, 2.05) is 6.92 Å². The van der Waals surface area contributed by atoms with Crippen molar-refractivity contribution in [2.75, 3.05) is 26.3 Å². The Bertz CT molecular complexity index is 507. The molecule has 0 atom stereocenters. The van der Waals surface area contributed by atoms with E-state index < -0.39 is 23.1 Å². The first-order chi connectivity index (χ1) is 9.97. The number of alkyl halides is 2. The smallest absolute Gasteiger partial charge is 0.261 e. The molecule has 1 aromatic rings. The molecule has 0 spiro atoms. The van der Waals surface area contributed by atoms with Crippen molar-refractivity contribution < 1.29 is 21.9 Å². The van der Waals surface area contributed by atoms with Crippen LogP contribution in [0.2, 0.25) is 0 Å². The van der Waals surface area contributed by atoms with Gasteiger partial charge in [0.25, 0.3) is 16.4 Å². The maximum Gasteiger partial charge on any atom is 0.261 e. The second kappa shape index (κ2) is 9.03. The Balaban J connectivity index is 2.48. The number of H-pyrrole nitrogens is 1. The average molecular weight is 326 g/mol. The topological polar surface area (TPSA) is 96.1 Å². The number of rotatable bonds is 11. The number of nitrogens with zero attached hydrogens (tertiary/aromatic N) is 1. The van der Waals surface area contributed by atoms with Gasteiger partial charge in [-0.15, -0.1) is 0 Å². The summed E-state index contributed by atoms with van der Waals surface area (Å²) >= 11 is 0. The lowest BCUT2D eigenvalue weighted by atomic mass is 10.3. The number of hydrogen-bond donors (Lipinski definition) is 3. The van der Waals surface area contributed by atoms with Crippen LogP contribution in [0, 0.1) is 0 Å². The van der Waals surface area contributed by atoms with Gasteiger partial charge in [0, 0.05) is 18.7 Å². The number of nitrogens with one attached hydrogen (secondary N) is 3. The van der Waals surface area contributed by atoms with Gasteiger partial charge in [-0.3, -0.25) is 5.10 Å². The van der Waals surface area contributed by atoms with Crippen molar-refractivity contribution in [3.63, 3.8) is 0 Å². The molecule has 1 rings (SSSR count). The number of ether oxygens (including phenoxy) is 1. The number of aromatic amines is 1. The van der Waals surface area contributed by atoms with Crippen LogP contribution in [0.4, 0.5) is 8.78 Å². The van der Waals surface area contributed by atoms with Crippen LogP contribution >= 0.6 is 0 Å². The van der Waals surface area contributed by atoms with Gasteiger partial charge < -0.3 is 10.1 Å². The lowest BCUT2D eigenvalue weighted by molar-refractivity contribution is 0.0199. The Morgan fingerprint density at radius 3 is 2.86 bits per heavy atom. The third-order valence-corrected chi connectivity index (χ3v) is 3.95. The van der Waals surface area contributed by atoms with Gasteiger partial charge in [0.15, 0.2) is 5.03 Å². The van der Waals surface area contributed by atoms with Crippen LogP contribution in [-0.2, 0) is 21.3 Å².